The van der Waals surface area contributed by atoms with Gasteiger partial charge in [-0.1, -0.05) is 5.16 Å². The van der Waals surface area contributed by atoms with Gasteiger partial charge in [0, 0.05) is 17.0 Å². The van der Waals surface area contributed by atoms with Crippen molar-refractivity contribution in [1.82, 2.24) is 10.5 Å². The minimum absolute atomic E-state index is 0.476. The van der Waals surface area contributed by atoms with Crippen molar-refractivity contribution in [3.63, 3.8) is 0 Å². The zero-order valence-corrected chi connectivity index (χ0v) is 12.3. The first-order valence-corrected chi connectivity index (χ1v) is 7.63. The molecule has 0 aromatic carbocycles. The van der Waals surface area contributed by atoms with Crippen LogP contribution in [0.5, 0.6) is 0 Å². The van der Waals surface area contributed by atoms with E-state index in [0.717, 1.165) is 12.3 Å². The first-order chi connectivity index (χ1) is 8.33. The highest BCUT2D eigenvalue weighted by atomic mass is 127. The molecule has 0 fully saturated rings. The minimum atomic E-state index is 0.476. The number of fused-ring (bicyclic) bond motifs is 1. The third-order valence-corrected chi connectivity index (χ3v) is 5.07. The van der Waals surface area contributed by atoms with Gasteiger partial charge in [0.25, 0.3) is 0 Å². The first-order valence-electron chi connectivity index (χ1n) is 5.74. The van der Waals surface area contributed by atoms with Gasteiger partial charge in [-0.2, -0.15) is 0 Å². The highest BCUT2D eigenvalue weighted by molar-refractivity contribution is 14.1. The van der Waals surface area contributed by atoms with Crippen LogP contribution in [0.1, 0.15) is 35.1 Å². The second-order valence-electron chi connectivity index (χ2n) is 4.23. The van der Waals surface area contributed by atoms with Gasteiger partial charge >= 0.3 is 0 Å². The first kappa shape index (κ1) is 11.7. The highest BCUT2D eigenvalue weighted by Crippen LogP contribution is 2.36. The van der Waals surface area contributed by atoms with Gasteiger partial charge in [0.2, 0.25) is 0 Å². The molecule has 0 saturated carbocycles. The number of aryl methyl sites for hydroxylation is 1. The topological polar surface area (TPSA) is 38.1 Å². The molecule has 0 bridgehead atoms. The van der Waals surface area contributed by atoms with E-state index in [4.69, 9.17) is 4.52 Å². The molecule has 1 unspecified atom stereocenters. The number of rotatable bonds is 3. The Hall–Kier alpha value is -0.400. The van der Waals surface area contributed by atoms with Gasteiger partial charge in [0.15, 0.2) is 0 Å². The number of nitrogens with zero attached hydrogens (tertiary/aromatic N) is 1. The third kappa shape index (κ3) is 2.56. The summed E-state index contributed by atoms with van der Waals surface area (Å²) in [6.45, 7) is 0.760. The summed E-state index contributed by atoms with van der Waals surface area (Å²) < 4.78 is 6.50. The Bertz CT molecular complexity index is 495. The lowest BCUT2D eigenvalue weighted by Gasteiger charge is -2.23. The molecule has 0 amide bonds. The SMILES string of the molecule is Ic1cc2c(s1)CCCC2NCc1ccno1. The quantitative estimate of drug-likeness (QED) is 0.852. The molecule has 1 N–H and O–H groups in total. The molecular formula is C12H13IN2OS. The van der Waals surface area contributed by atoms with Crippen LogP contribution in [0, 0.1) is 2.88 Å². The van der Waals surface area contributed by atoms with Crippen LogP contribution in [-0.2, 0) is 13.0 Å². The molecule has 1 aliphatic carbocycles. The van der Waals surface area contributed by atoms with Gasteiger partial charge in [0.1, 0.15) is 5.76 Å². The average molecular weight is 360 g/mol. The van der Waals surface area contributed by atoms with Gasteiger partial charge in [0.05, 0.1) is 15.6 Å². The average Bonchev–Trinajstić information content (AvgIpc) is 2.93. The van der Waals surface area contributed by atoms with Crippen LogP contribution in [-0.4, -0.2) is 5.16 Å². The zero-order valence-electron chi connectivity index (χ0n) is 9.28. The van der Waals surface area contributed by atoms with E-state index in [1.807, 2.05) is 17.4 Å². The van der Waals surface area contributed by atoms with Crippen molar-refractivity contribution in [2.24, 2.45) is 0 Å². The Morgan fingerprint density at radius 2 is 2.53 bits per heavy atom. The molecule has 0 radical (unpaired) electrons. The van der Waals surface area contributed by atoms with Crippen LogP contribution < -0.4 is 5.32 Å². The van der Waals surface area contributed by atoms with E-state index in [2.05, 4.69) is 39.1 Å². The monoisotopic (exact) mass is 360 g/mol. The van der Waals surface area contributed by atoms with Crippen LogP contribution in [0.25, 0.3) is 0 Å². The lowest BCUT2D eigenvalue weighted by molar-refractivity contribution is 0.356. The van der Waals surface area contributed by atoms with Crippen LogP contribution in [0.2, 0.25) is 0 Å². The summed E-state index contributed by atoms with van der Waals surface area (Å²) in [5, 5.41) is 7.28. The fourth-order valence-electron chi connectivity index (χ4n) is 2.29. The maximum atomic E-state index is 5.11. The second kappa shape index (κ2) is 5.07. The van der Waals surface area contributed by atoms with Crippen molar-refractivity contribution in [1.29, 1.82) is 0 Å². The summed E-state index contributed by atoms with van der Waals surface area (Å²) in [6.07, 6.45) is 5.42. The predicted molar refractivity (Wildman–Crippen MR) is 76.1 cm³/mol. The van der Waals surface area contributed by atoms with Gasteiger partial charge in [-0.15, -0.1) is 11.3 Å². The van der Waals surface area contributed by atoms with E-state index in [9.17, 15) is 0 Å². The van der Waals surface area contributed by atoms with E-state index in [1.165, 1.54) is 27.7 Å². The highest BCUT2D eigenvalue weighted by Gasteiger charge is 2.22. The fourth-order valence-corrected chi connectivity index (χ4v) is 4.41. The number of nitrogens with one attached hydrogen (secondary N) is 1. The number of thiophene rings is 1. The summed E-state index contributed by atoms with van der Waals surface area (Å²) in [6, 6.07) is 4.70. The lowest BCUT2D eigenvalue weighted by Crippen LogP contribution is -2.23. The van der Waals surface area contributed by atoms with Crippen LogP contribution in [0.4, 0.5) is 0 Å². The van der Waals surface area contributed by atoms with E-state index in [0.29, 0.717) is 6.04 Å². The predicted octanol–water partition coefficient (Wildman–Crippen LogP) is 3.51. The molecule has 0 spiro atoms. The number of hydrogen-bond acceptors (Lipinski definition) is 4. The summed E-state index contributed by atoms with van der Waals surface area (Å²) in [4.78, 5) is 1.55. The molecule has 2 heterocycles. The van der Waals surface area contributed by atoms with E-state index < -0.39 is 0 Å². The van der Waals surface area contributed by atoms with Crippen molar-refractivity contribution in [3.8, 4) is 0 Å². The smallest absolute Gasteiger partial charge is 0.150 e. The molecule has 2 aromatic rings. The van der Waals surface area contributed by atoms with Gasteiger partial charge < -0.3 is 9.84 Å². The Morgan fingerprint density at radius 3 is 3.35 bits per heavy atom. The van der Waals surface area contributed by atoms with Crippen molar-refractivity contribution < 1.29 is 4.52 Å². The molecule has 3 rings (SSSR count). The maximum Gasteiger partial charge on any atom is 0.150 e. The molecule has 1 atom stereocenters. The third-order valence-electron chi connectivity index (χ3n) is 3.10. The van der Waals surface area contributed by atoms with Crippen LogP contribution in [0.15, 0.2) is 22.9 Å². The molecule has 90 valence electrons. The van der Waals surface area contributed by atoms with Crippen molar-refractivity contribution in [3.05, 3.63) is 37.4 Å². The van der Waals surface area contributed by atoms with Crippen molar-refractivity contribution >= 4 is 33.9 Å². The molecule has 0 saturated heterocycles. The second-order valence-corrected chi connectivity index (χ2v) is 7.26. The Balaban J connectivity index is 1.72. The summed E-state index contributed by atoms with van der Waals surface area (Å²) in [7, 11) is 0. The normalized spacial score (nSPS) is 19.2. The summed E-state index contributed by atoms with van der Waals surface area (Å²) in [5.41, 5.74) is 1.49. The Kier molecular flexibility index (Phi) is 3.49. The molecule has 3 nitrogen and oxygen atoms in total. The molecule has 0 aliphatic heterocycles. The number of hydrogen-bond donors (Lipinski definition) is 1. The lowest BCUT2D eigenvalue weighted by atomic mass is 9.94. The van der Waals surface area contributed by atoms with Crippen LogP contribution in [0.3, 0.4) is 0 Å². The zero-order chi connectivity index (χ0) is 11.7. The largest absolute Gasteiger partial charge is 0.360 e. The van der Waals surface area contributed by atoms with Gasteiger partial charge in [-0.05, 0) is 53.5 Å². The van der Waals surface area contributed by atoms with Gasteiger partial charge in [-0.25, -0.2) is 0 Å². The van der Waals surface area contributed by atoms with Crippen molar-refractivity contribution in [2.75, 3.05) is 0 Å². The standard InChI is InChI=1S/C12H13IN2OS/c13-12-6-9-10(2-1-3-11(9)17-12)14-7-8-4-5-15-16-8/h4-6,10,14H,1-3,7H2. The molecule has 17 heavy (non-hydrogen) atoms. The minimum Gasteiger partial charge on any atom is -0.360 e. The fraction of sp³-hybridized carbons (Fsp3) is 0.417. The van der Waals surface area contributed by atoms with E-state index >= 15 is 0 Å². The Labute approximate surface area is 118 Å². The molecule has 2 aromatic heterocycles. The summed E-state index contributed by atoms with van der Waals surface area (Å²) >= 11 is 4.34. The molecule has 1 aliphatic rings. The Morgan fingerprint density at radius 1 is 1.59 bits per heavy atom. The molecule has 5 heteroatoms. The van der Waals surface area contributed by atoms with Crippen molar-refractivity contribution in [2.45, 2.75) is 31.8 Å². The van der Waals surface area contributed by atoms with E-state index in [-0.39, 0.29) is 0 Å². The van der Waals surface area contributed by atoms with E-state index in [1.54, 1.807) is 11.1 Å². The van der Waals surface area contributed by atoms with Crippen LogP contribution >= 0.6 is 33.9 Å². The maximum absolute atomic E-state index is 5.11. The number of aromatic nitrogens is 1. The summed E-state index contributed by atoms with van der Waals surface area (Å²) in [5.74, 6) is 0.905. The van der Waals surface area contributed by atoms with Gasteiger partial charge in [-0.3, -0.25) is 0 Å². The number of halogens is 1. The molecular weight excluding hydrogens is 347 g/mol.